The Morgan fingerprint density at radius 3 is 2.81 bits per heavy atom. The van der Waals surface area contributed by atoms with E-state index in [1.54, 1.807) is 12.1 Å². The zero-order valence-electron chi connectivity index (χ0n) is 12.9. The molecule has 0 bridgehead atoms. The summed E-state index contributed by atoms with van der Waals surface area (Å²) >= 11 is 0. The van der Waals surface area contributed by atoms with Gasteiger partial charge in [-0.2, -0.15) is 0 Å². The molecule has 4 nitrogen and oxygen atoms in total. The van der Waals surface area contributed by atoms with Crippen LogP contribution in [0.4, 0.5) is 0 Å². The van der Waals surface area contributed by atoms with Crippen molar-refractivity contribution in [2.45, 2.75) is 52.5 Å². The van der Waals surface area contributed by atoms with E-state index < -0.39 is 5.97 Å². The first-order valence-corrected chi connectivity index (χ1v) is 7.65. The van der Waals surface area contributed by atoms with Crippen LogP contribution in [0.1, 0.15) is 62.3 Å². The van der Waals surface area contributed by atoms with Gasteiger partial charge in [0.05, 0.1) is 16.6 Å². The van der Waals surface area contributed by atoms with Crippen molar-refractivity contribution in [3.63, 3.8) is 0 Å². The number of benzene rings is 1. The number of nitrogens with zero attached hydrogens (tertiary/aromatic N) is 2. The minimum atomic E-state index is -0.897. The monoisotopic (exact) mass is 286 g/mol. The van der Waals surface area contributed by atoms with Gasteiger partial charge in [-0.3, -0.25) is 0 Å². The van der Waals surface area contributed by atoms with E-state index >= 15 is 0 Å². The van der Waals surface area contributed by atoms with Gasteiger partial charge >= 0.3 is 5.97 Å². The maximum absolute atomic E-state index is 11.1. The first kappa shape index (κ1) is 14.1. The molecule has 1 N–H and O–H groups in total. The number of carboxylic acids is 1. The average molecular weight is 286 g/mol. The number of carbonyl (C=O) groups is 1. The molecule has 0 radical (unpaired) electrons. The number of aromatic nitrogens is 2. The van der Waals surface area contributed by atoms with E-state index in [0.717, 1.165) is 29.7 Å². The van der Waals surface area contributed by atoms with Gasteiger partial charge in [0.25, 0.3) is 0 Å². The highest BCUT2D eigenvalue weighted by atomic mass is 16.4. The molecule has 1 unspecified atom stereocenters. The van der Waals surface area contributed by atoms with Gasteiger partial charge in [0, 0.05) is 12.5 Å². The number of fused-ring (bicyclic) bond motifs is 1. The molecule has 2 aromatic rings. The van der Waals surface area contributed by atoms with E-state index in [0.29, 0.717) is 17.0 Å². The number of hydrogen-bond donors (Lipinski definition) is 1. The molecule has 1 aliphatic rings. The lowest BCUT2D eigenvalue weighted by Crippen LogP contribution is -2.11. The minimum Gasteiger partial charge on any atom is -0.478 e. The quantitative estimate of drug-likeness (QED) is 0.926. The first-order chi connectivity index (χ1) is 9.91. The molecule has 1 atom stereocenters. The molecule has 1 aromatic heterocycles. The number of carboxylic acid groups (broad SMARTS) is 1. The van der Waals surface area contributed by atoms with Crippen molar-refractivity contribution < 1.29 is 9.90 Å². The van der Waals surface area contributed by atoms with Crippen LogP contribution in [0, 0.1) is 5.41 Å². The Kier molecular flexibility index (Phi) is 3.27. The molecule has 1 saturated carbocycles. The third kappa shape index (κ3) is 2.43. The number of imidazole rings is 1. The van der Waals surface area contributed by atoms with Crippen LogP contribution < -0.4 is 0 Å². The third-order valence-electron chi connectivity index (χ3n) is 4.63. The second-order valence-corrected chi connectivity index (χ2v) is 6.82. The van der Waals surface area contributed by atoms with Gasteiger partial charge in [-0.05, 0) is 42.9 Å². The Labute approximate surface area is 124 Å². The molecule has 0 spiro atoms. The van der Waals surface area contributed by atoms with Crippen LogP contribution in [0.3, 0.4) is 0 Å². The van der Waals surface area contributed by atoms with Gasteiger partial charge < -0.3 is 9.67 Å². The standard InChI is InChI=1S/C17H22N2O2/c1-4-15-18-13-9-11(16(20)21)5-6-14(13)19(15)12-7-8-17(2,3)10-12/h5-6,9,12H,4,7-8,10H2,1-3H3,(H,20,21). The summed E-state index contributed by atoms with van der Waals surface area (Å²) in [4.78, 5) is 15.8. The van der Waals surface area contributed by atoms with Crippen LogP contribution in [0.5, 0.6) is 0 Å². The summed E-state index contributed by atoms with van der Waals surface area (Å²) in [6.07, 6.45) is 4.43. The summed E-state index contributed by atoms with van der Waals surface area (Å²) in [5.74, 6) is 0.168. The van der Waals surface area contributed by atoms with Crippen molar-refractivity contribution in [2.75, 3.05) is 0 Å². The molecular weight excluding hydrogens is 264 g/mol. The molecule has 0 saturated heterocycles. The normalized spacial score (nSPS) is 21.0. The highest BCUT2D eigenvalue weighted by molar-refractivity contribution is 5.92. The van der Waals surface area contributed by atoms with Gasteiger partial charge in [0.1, 0.15) is 5.82 Å². The smallest absolute Gasteiger partial charge is 0.335 e. The Morgan fingerprint density at radius 2 is 2.24 bits per heavy atom. The highest BCUT2D eigenvalue weighted by Crippen LogP contribution is 2.45. The lowest BCUT2D eigenvalue weighted by Gasteiger charge is -2.20. The van der Waals surface area contributed by atoms with E-state index in [4.69, 9.17) is 5.11 Å². The van der Waals surface area contributed by atoms with Crippen molar-refractivity contribution in [3.05, 3.63) is 29.6 Å². The molecule has 0 aliphatic heterocycles. The SMILES string of the molecule is CCc1nc2cc(C(=O)O)ccc2n1C1CCC(C)(C)C1. The minimum absolute atomic E-state index is 0.307. The zero-order chi connectivity index (χ0) is 15.2. The molecular formula is C17H22N2O2. The van der Waals surface area contributed by atoms with Crippen molar-refractivity contribution in [3.8, 4) is 0 Å². The number of hydrogen-bond acceptors (Lipinski definition) is 2. The fourth-order valence-electron chi connectivity index (χ4n) is 3.56. The topological polar surface area (TPSA) is 55.1 Å². The highest BCUT2D eigenvalue weighted by Gasteiger charge is 2.33. The number of aromatic carboxylic acids is 1. The summed E-state index contributed by atoms with van der Waals surface area (Å²) in [7, 11) is 0. The predicted octanol–water partition coefficient (Wildman–Crippen LogP) is 4.05. The van der Waals surface area contributed by atoms with Crippen molar-refractivity contribution >= 4 is 17.0 Å². The second kappa shape index (κ2) is 4.86. The van der Waals surface area contributed by atoms with Crippen LogP contribution in [0.2, 0.25) is 0 Å². The van der Waals surface area contributed by atoms with E-state index in [9.17, 15) is 4.79 Å². The van der Waals surface area contributed by atoms with Crippen LogP contribution >= 0.6 is 0 Å². The van der Waals surface area contributed by atoms with Gasteiger partial charge in [0.15, 0.2) is 0 Å². The fraction of sp³-hybridized carbons (Fsp3) is 0.529. The molecule has 112 valence electrons. The number of aryl methyl sites for hydroxylation is 1. The van der Waals surface area contributed by atoms with E-state index in [1.807, 2.05) is 6.07 Å². The molecule has 4 heteroatoms. The summed E-state index contributed by atoms with van der Waals surface area (Å²) in [6.45, 7) is 6.75. The molecule has 1 aromatic carbocycles. The summed E-state index contributed by atoms with van der Waals surface area (Å²) in [5.41, 5.74) is 2.56. The first-order valence-electron chi connectivity index (χ1n) is 7.65. The van der Waals surface area contributed by atoms with Gasteiger partial charge in [-0.15, -0.1) is 0 Å². The molecule has 1 heterocycles. The van der Waals surface area contributed by atoms with Gasteiger partial charge in [-0.1, -0.05) is 20.8 Å². The summed E-state index contributed by atoms with van der Waals surface area (Å²) < 4.78 is 2.34. The van der Waals surface area contributed by atoms with Crippen LogP contribution in [0.25, 0.3) is 11.0 Å². The summed E-state index contributed by atoms with van der Waals surface area (Å²) in [5, 5.41) is 9.12. The van der Waals surface area contributed by atoms with Gasteiger partial charge in [0.2, 0.25) is 0 Å². The number of rotatable bonds is 3. The third-order valence-corrected chi connectivity index (χ3v) is 4.63. The Morgan fingerprint density at radius 1 is 1.48 bits per heavy atom. The fourth-order valence-corrected chi connectivity index (χ4v) is 3.56. The second-order valence-electron chi connectivity index (χ2n) is 6.82. The van der Waals surface area contributed by atoms with Gasteiger partial charge in [-0.25, -0.2) is 9.78 Å². The van der Waals surface area contributed by atoms with Crippen molar-refractivity contribution in [1.82, 2.24) is 9.55 Å². The van der Waals surface area contributed by atoms with E-state index in [2.05, 4.69) is 30.3 Å². The lowest BCUT2D eigenvalue weighted by atomic mass is 9.92. The molecule has 1 fully saturated rings. The lowest BCUT2D eigenvalue weighted by molar-refractivity contribution is 0.0697. The summed E-state index contributed by atoms with van der Waals surface area (Å²) in [6, 6.07) is 5.77. The maximum atomic E-state index is 11.1. The van der Waals surface area contributed by atoms with E-state index in [1.165, 1.54) is 12.8 Å². The Hall–Kier alpha value is -1.84. The van der Waals surface area contributed by atoms with Crippen LogP contribution in [-0.4, -0.2) is 20.6 Å². The average Bonchev–Trinajstić information content (AvgIpc) is 2.97. The van der Waals surface area contributed by atoms with Crippen molar-refractivity contribution in [2.24, 2.45) is 5.41 Å². The molecule has 3 rings (SSSR count). The maximum Gasteiger partial charge on any atom is 0.335 e. The largest absolute Gasteiger partial charge is 0.478 e. The molecule has 1 aliphatic carbocycles. The molecule has 21 heavy (non-hydrogen) atoms. The van der Waals surface area contributed by atoms with Crippen molar-refractivity contribution in [1.29, 1.82) is 0 Å². The van der Waals surface area contributed by atoms with Crippen LogP contribution in [-0.2, 0) is 6.42 Å². The Balaban J connectivity index is 2.11. The Bertz CT molecular complexity index is 700. The van der Waals surface area contributed by atoms with Crippen LogP contribution in [0.15, 0.2) is 18.2 Å². The molecule has 0 amide bonds. The predicted molar refractivity (Wildman–Crippen MR) is 82.7 cm³/mol. The zero-order valence-corrected chi connectivity index (χ0v) is 12.9. The van der Waals surface area contributed by atoms with E-state index in [-0.39, 0.29) is 0 Å².